The van der Waals surface area contributed by atoms with Crippen molar-refractivity contribution in [2.24, 2.45) is 5.92 Å². The lowest BCUT2D eigenvalue weighted by Gasteiger charge is -2.13. The molecule has 7 heteroatoms. The number of nitrogens with one attached hydrogen (secondary N) is 1. The summed E-state index contributed by atoms with van der Waals surface area (Å²) in [7, 11) is -7.80. The van der Waals surface area contributed by atoms with Crippen molar-refractivity contribution in [3.8, 4) is 0 Å². The number of hydrogen-bond donors (Lipinski definition) is 1. The first-order valence-corrected chi connectivity index (χ1v) is 8.95. The van der Waals surface area contributed by atoms with E-state index >= 15 is 0 Å². The SMILES string of the molecule is [CH2][C@H](CC)C(=N)S(=O)(=O)c1ccccc1S(C)(=O)=O. The van der Waals surface area contributed by atoms with E-state index in [4.69, 9.17) is 5.41 Å². The molecule has 0 aliphatic rings. The molecule has 0 aliphatic heterocycles. The Morgan fingerprint density at radius 2 is 1.68 bits per heavy atom. The Kier molecular flexibility index (Phi) is 4.52. The zero-order valence-corrected chi connectivity index (χ0v) is 12.4. The molecule has 0 heterocycles. The minimum absolute atomic E-state index is 0.289. The van der Waals surface area contributed by atoms with Gasteiger partial charge < -0.3 is 0 Å². The van der Waals surface area contributed by atoms with Gasteiger partial charge in [-0.15, -0.1) is 0 Å². The highest BCUT2D eigenvalue weighted by Crippen LogP contribution is 2.24. The van der Waals surface area contributed by atoms with Gasteiger partial charge in [0.25, 0.3) is 0 Å². The maximum Gasteiger partial charge on any atom is 0.220 e. The van der Waals surface area contributed by atoms with Gasteiger partial charge >= 0.3 is 0 Å². The van der Waals surface area contributed by atoms with Gasteiger partial charge in [-0.1, -0.05) is 19.1 Å². The molecule has 0 saturated heterocycles. The Morgan fingerprint density at radius 1 is 1.21 bits per heavy atom. The molecule has 0 unspecified atom stereocenters. The number of sulfone groups is 2. The van der Waals surface area contributed by atoms with Crippen molar-refractivity contribution in [3.63, 3.8) is 0 Å². The second-order valence-electron chi connectivity index (χ2n) is 4.19. The quantitative estimate of drug-likeness (QED) is 0.677. The van der Waals surface area contributed by atoms with E-state index < -0.39 is 30.6 Å². The largest absolute Gasteiger partial charge is 0.293 e. The van der Waals surface area contributed by atoms with Crippen molar-refractivity contribution >= 4 is 24.7 Å². The molecule has 5 nitrogen and oxygen atoms in total. The fourth-order valence-corrected chi connectivity index (χ4v) is 4.48. The first-order valence-electron chi connectivity index (χ1n) is 5.58. The number of benzene rings is 1. The van der Waals surface area contributed by atoms with Crippen molar-refractivity contribution < 1.29 is 16.8 Å². The predicted molar refractivity (Wildman–Crippen MR) is 73.6 cm³/mol. The molecule has 0 aliphatic carbocycles. The molecule has 1 aromatic carbocycles. The van der Waals surface area contributed by atoms with Crippen LogP contribution in [0.15, 0.2) is 34.1 Å². The zero-order chi connectivity index (χ0) is 14.8. The molecule has 1 atom stereocenters. The third-order valence-corrected chi connectivity index (χ3v) is 5.82. The summed E-state index contributed by atoms with van der Waals surface area (Å²) in [5.41, 5.74) is 0. The fraction of sp³-hybridized carbons (Fsp3) is 0.333. The van der Waals surface area contributed by atoms with Crippen molar-refractivity contribution in [1.82, 2.24) is 0 Å². The average Bonchev–Trinajstić information content (AvgIpc) is 2.35. The molecule has 0 amide bonds. The molecule has 0 saturated carbocycles. The minimum Gasteiger partial charge on any atom is -0.293 e. The van der Waals surface area contributed by atoms with Crippen LogP contribution in [-0.4, -0.2) is 28.1 Å². The Balaban J connectivity index is 3.52. The van der Waals surface area contributed by atoms with E-state index in [9.17, 15) is 16.8 Å². The van der Waals surface area contributed by atoms with Gasteiger partial charge in [0.1, 0.15) is 5.04 Å². The monoisotopic (exact) mass is 302 g/mol. The number of hydrogen-bond acceptors (Lipinski definition) is 5. The van der Waals surface area contributed by atoms with Crippen LogP contribution in [0.1, 0.15) is 13.3 Å². The lowest BCUT2D eigenvalue weighted by Crippen LogP contribution is -2.23. The molecule has 19 heavy (non-hydrogen) atoms. The van der Waals surface area contributed by atoms with Crippen LogP contribution in [0, 0.1) is 18.3 Å². The Morgan fingerprint density at radius 3 is 2.11 bits per heavy atom. The molecule has 0 spiro atoms. The standard InChI is InChI=1S/C12H16NO4S2/c1-4-9(2)12(13)19(16,17)11-8-6-5-7-10(11)18(3,14)15/h5-9,13H,2,4H2,1,3H3/t9-/m1/s1. The lowest BCUT2D eigenvalue weighted by molar-refractivity contribution is 0.590. The second kappa shape index (κ2) is 5.42. The Labute approximate surface area is 114 Å². The molecule has 1 aromatic rings. The second-order valence-corrected chi connectivity index (χ2v) is 8.06. The molecular formula is C12H16NO4S2. The van der Waals surface area contributed by atoms with Gasteiger partial charge in [0.2, 0.25) is 9.84 Å². The summed E-state index contributed by atoms with van der Waals surface area (Å²) in [4.78, 5) is -0.646. The van der Waals surface area contributed by atoms with Gasteiger partial charge in [0, 0.05) is 12.2 Å². The third kappa shape index (κ3) is 3.22. The van der Waals surface area contributed by atoms with Crippen molar-refractivity contribution in [2.45, 2.75) is 23.1 Å². The predicted octanol–water partition coefficient (Wildman–Crippen LogP) is 1.70. The van der Waals surface area contributed by atoms with Crippen LogP contribution in [0.4, 0.5) is 0 Å². The van der Waals surface area contributed by atoms with E-state index in [-0.39, 0.29) is 9.79 Å². The molecule has 1 rings (SSSR count). The van der Waals surface area contributed by atoms with Gasteiger partial charge in [-0.3, -0.25) is 5.41 Å². The molecule has 105 valence electrons. The maximum absolute atomic E-state index is 12.3. The van der Waals surface area contributed by atoms with Gasteiger partial charge in [0.05, 0.1) is 9.79 Å². The summed E-state index contributed by atoms with van der Waals surface area (Å²) >= 11 is 0. The summed E-state index contributed by atoms with van der Waals surface area (Å²) in [6.07, 6.45) is 1.32. The highest BCUT2D eigenvalue weighted by molar-refractivity contribution is 8.06. The summed E-state index contributed by atoms with van der Waals surface area (Å²) in [5.74, 6) is -0.697. The summed E-state index contributed by atoms with van der Waals surface area (Å²) in [6, 6.07) is 5.29. The van der Waals surface area contributed by atoms with Crippen molar-refractivity contribution in [3.05, 3.63) is 31.2 Å². The number of rotatable bonds is 4. The van der Waals surface area contributed by atoms with E-state index in [2.05, 4.69) is 6.92 Å². The first-order chi connectivity index (χ1) is 8.62. The molecule has 0 aromatic heterocycles. The van der Waals surface area contributed by atoms with Crippen LogP contribution < -0.4 is 0 Å². The van der Waals surface area contributed by atoms with Crippen LogP contribution in [0.5, 0.6) is 0 Å². The topological polar surface area (TPSA) is 92.1 Å². The van der Waals surface area contributed by atoms with Gasteiger partial charge in [-0.25, -0.2) is 16.8 Å². The maximum atomic E-state index is 12.3. The Bertz CT molecular complexity index is 690. The molecular weight excluding hydrogens is 286 g/mol. The normalized spacial score (nSPS) is 14.1. The zero-order valence-electron chi connectivity index (χ0n) is 10.8. The van der Waals surface area contributed by atoms with Gasteiger partial charge in [0.15, 0.2) is 9.84 Å². The molecule has 0 bridgehead atoms. The minimum atomic E-state index is -4.12. The smallest absolute Gasteiger partial charge is 0.220 e. The summed E-state index contributed by atoms with van der Waals surface area (Å²) < 4.78 is 47.8. The van der Waals surface area contributed by atoms with Crippen molar-refractivity contribution in [2.75, 3.05) is 6.26 Å². The molecule has 1 radical (unpaired) electrons. The van der Waals surface area contributed by atoms with E-state index in [1.54, 1.807) is 6.92 Å². The van der Waals surface area contributed by atoms with Crippen LogP contribution in [-0.2, 0) is 19.7 Å². The van der Waals surface area contributed by atoms with Gasteiger partial charge in [-0.05, 0) is 25.5 Å². The highest BCUT2D eigenvalue weighted by Gasteiger charge is 2.29. The fourth-order valence-electron chi connectivity index (χ4n) is 1.50. The van der Waals surface area contributed by atoms with Crippen LogP contribution >= 0.6 is 0 Å². The Hall–Kier alpha value is -1.21. The van der Waals surface area contributed by atoms with E-state index in [0.29, 0.717) is 6.42 Å². The summed E-state index contributed by atoms with van der Waals surface area (Å²) in [5, 5.41) is 7.13. The van der Waals surface area contributed by atoms with Crippen molar-refractivity contribution in [1.29, 1.82) is 5.41 Å². The average molecular weight is 302 g/mol. The van der Waals surface area contributed by atoms with Crippen LogP contribution in [0.3, 0.4) is 0 Å². The van der Waals surface area contributed by atoms with Crippen LogP contribution in [0.2, 0.25) is 0 Å². The van der Waals surface area contributed by atoms with Gasteiger partial charge in [-0.2, -0.15) is 0 Å². The van der Waals surface area contributed by atoms with Crippen LogP contribution in [0.25, 0.3) is 0 Å². The van der Waals surface area contributed by atoms with E-state index in [1.165, 1.54) is 24.3 Å². The third-order valence-electron chi connectivity index (χ3n) is 2.69. The summed E-state index contributed by atoms with van der Waals surface area (Å²) in [6.45, 7) is 5.30. The van der Waals surface area contributed by atoms with E-state index in [1.807, 2.05) is 0 Å². The lowest BCUT2D eigenvalue weighted by atomic mass is 10.1. The highest BCUT2D eigenvalue weighted by atomic mass is 32.2. The first kappa shape index (κ1) is 15.8. The molecule has 0 fully saturated rings. The van der Waals surface area contributed by atoms with E-state index in [0.717, 1.165) is 6.26 Å². The molecule has 1 N–H and O–H groups in total.